The number of rotatable bonds is 6. The number of carbonyl (C=O) groups excluding carboxylic acids is 3. The lowest BCUT2D eigenvalue weighted by Crippen LogP contribution is -2.29. The average molecular weight is 502 g/mol. The number of fused-ring (bicyclic) bond motifs is 2. The highest BCUT2D eigenvalue weighted by molar-refractivity contribution is 6.21. The van der Waals surface area contributed by atoms with E-state index < -0.39 is 17.8 Å². The highest BCUT2D eigenvalue weighted by atomic mass is 19.1. The van der Waals surface area contributed by atoms with Crippen molar-refractivity contribution in [2.45, 2.75) is 44.9 Å². The minimum atomic E-state index is -0.819. The van der Waals surface area contributed by atoms with Gasteiger partial charge in [0.25, 0.3) is 17.7 Å². The van der Waals surface area contributed by atoms with Crippen LogP contribution in [0.25, 0.3) is 0 Å². The number of halogens is 1. The molecule has 37 heavy (non-hydrogen) atoms. The molecule has 3 aromatic rings. The van der Waals surface area contributed by atoms with Gasteiger partial charge in [-0.05, 0) is 55.0 Å². The molecule has 1 aliphatic carbocycles. The van der Waals surface area contributed by atoms with Crippen molar-refractivity contribution in [2.24, 2.45) is 0 Å². The molecule has 188 valence electrons. The van der Waals surface area contributed by atoms with Gasteiger partial charge in [-0.3, -0.25) is 19.3 Å². The first-order valence-corrected chi connectivity index (χ1v) is 12.2. The molecule has 2 aliphatic heterocycles. The SMILES string of the molecule is COc1ccc(N2Cc3ccc(CN4C(=O)c5cnc(F)cc5C4=O)cc3C2=O)cc1OC1CCCC1. The van der Waals surface area contributed by atoms with Gasteiger partial charge in [0.15, 0.2) is 11.5 Å². The lowest BCUT2D eigenvalue weighted by molar-refractivity contribution is 0.0642. The number of nitrogens with zero attached hydrogens (tertiary/aromatic N) is 3. The summed E-state index contributed by atoms with van der Waals surface area (Å²) in [6, 6.07) is 11.8. The number of carbonyl (C=O) groups is 3. The van der Waals surface area contributed by atoms with Gasteiger partial charge in [-0.15, -0.1) is 0 Å². The molecule has 1 fully saturated rings. The molecule has 3 aliphatic rings. The predicted molar refractivity (Wildman–Crippen MR) is 131 cm³/mol. The van der Waals surface area contributed by atoms with Gasteiger partial charge in [0.05, 0.1) is 37.4 Å². The summed E-state index contributed by atoms with van der Waals surface area (Å²) < 4.78 is 25.2. The minimum Gasteiger partial charge on any atom is -0.493 e. The van der Waals surface area contributed by atoms with E-state index in [9.17, 15) is 18.8 Å². The smallest absolute Gasteiger partial charge is 0.263 e. The summed E-state index contributed by atoms with van der Waals surface area (Å²) in [7, 11) is 1.59. The molecule has 0 saturated heterocycles. The van der Waals surface area contributed by atoms with Crippen molar-refractivity contribution in [3.05, 3.63) is 82.4 Å². The lowest BCUT2D eigenvalue weighted by Gasteiger charge is -2.20. The standard InChI is InChI=1S/C28H24FN3O5/c1-36-23-9-8-18(11-24(23)37-19-4-2-3-5-19)31-15-17-7-6-16(10-20(17)26(31)33)14-32-27(34)21-12-25(29)30-13-22(21)28(32)35/h6-13,19H,2-5,14-15H2,1H3. The van der Waals surface area contributed by atoms with E-state index in [1.54, 1.807) is 30.2 Å². The van der Waals surface area contributed by atoms with Crippen molar-refractivity contribution < 1.29 is 28.2 Å². The topological polar surface area (TPSA) is 89.0 Å². The molecular weight excluding hydrogens is 477 g/mol. The number of amides is 3. The first-order chi connectivity index (χ1) is 17.9. The van der Waals surface area contributed by atoms with E-state index in [-0.39, 0.29) is 29.7 Å². The highest BCUT2D eigenvalue weighted by Gasteiger charge is 2.37. The summed E-state index contributed by atoms with van der Waals surface area (Å²) in [5, 5.41) is 0. The Morgan fingerprint density at radius 2 is 1.70 bits per heavy atom. The molecule has 0 atom stereocenters. The van der Waals surface area contributed by atoms with Gasteiger partial charge in [0, 0.05) is 29.6 Å². The lowest BCUT2D eigenvalue weighted by atomic mass is 10.1. The maximum absolute atomic E-state index is 13.5. The molecule has 1 saturated carbocycles. The number of anilines is 1. The quantitative estimate of drug-likeness (QED) is 0.365. The van der Waals surface area contributed by atoms with Gasteiger partial charge in [-0.25, -0.2) is 4.98 Å². The number of imide groups is 1. The first-order valence-electron chi connectivity index (χ1n) is 12.2. The third-order valence-corrected chi connectivity index (χ3v) is 7.20. The molecule has 3 amide bonds. The van der Waals surface area contributed by atoms with Crippen molar-refractivity contribution in [1.82, 2.24) is 9.88 Å². The number of methoxy groups -OCH3 is 1. The van der Waals surface area contributed by atoms with E-state index in [4.69, 9.17) is 9.47 Å². The van der Waals surface area contributed by atoms with Crippen LogP contribution in [-0.4, -0.2) is 40.8 Å². The normalized spacial score (nSPS) is 17.0. The van der Waals surface area contributed by atoms with Crippen LogP contribution in [0.5, 0.6) is 11.5 Å². The molecule has 6 rings (SSSR count). The molecule has 0 unspecified atom stereocenters. The van der Waals surface area contributed by atoms with Crippen molar-refractivity contribution in [2.75, 3.05) is 12.0 Å². The Morgan fingerprint density at radius 1 is 0.919 bits per heavy atom. The van der Waals surface area contributed by atoms with Gasteiger partial charge < -0.3 is 14.4 Å². The molecule has 9 heteroatoms. The second-order valence-corrected chi connectivity index (χ2v) is 9.49. The van der Waals surface area contributed by atoms with Crippen LogP contribution in [0.4, 0.5) is 10.1 Å². The Hall–Kier alpha value is -4.27. The van der Waals surface area contributed by atoms with Crippen LogP contribution in [0.3, 0.4) is 0 Å². The number of pyridine rings is 1. The van der Waals surface area contributed by atoms with Gasteiger partial charge in [-0.2, -0.15) is 4.39 Å². The average Bonchev–Trinajstić information content (AvgIpc) is 3.59. The van der Waals surface area contributed by atoms with Crippen molar-refractivity contribution >= 4 is 23.4 Å². The largest absolute Gasteiger partial charge is 0.493 e. The minimum absolute atomic E-state index is 0.00366. The van der Waals surface area contributed by atoms with Crippen LogP contribution >= 0.6 is 0 Å². The van der Waals surface area contributed by atoms with Crippen LogP contribution in [0.15, 0.2) is 48.7 Å². The second kappa shape index (κ2) is 8.99. The summed E-state index contributed by atoms with van der Waals surface area (Å²) in [5.74, 6) is -0.870. The Kier molecular flexibility index (Phi) is 5.62. The number of aromatic nitrogens is 1. The fraction of sp³-hybridized carbons (Fsp3) is 0.286. The molecule has 1 aromatic heterocycles. The van der Waals surface area contributed by atoms with Crippen molar-refractivity contribution in [3.8, 4) is 11.5 Å². The first kappa shape index (κ1) is 23.1. The summed E-state index contributed by atoms with van der Waals surface area (Å²) in [6.07, 6.45) is 5.51. The summed E-state index contributed by atoms with van der Waals surface area (Å²) in [4.78, 5) is 45.0. The number of hydrogen-bond donors (Lipinski definition) is 0. The van der Waals surface area contributed by atoms with E-state index in [0.717, 1.165) is 48.4 Å². The van der Waals surface area contributed by atoms with Gasteiger partial charge in [-0.1, -0.05) is 12.1 Å². The summed E-state index contributed by atoms with van der Waals surface area (Å²) >= 11 is 0. The maximum Gasteiger partial charge on any atom is 0.263 e. The van der Waals surface area contributed by atoms with Crippen LogP contribution in [0.1, 0.15) is 67.9 Å². The molecule has 0 N–H and O–H groups in total. The van der Waals surface area contributed by atoms with Crippen LogP contribution in [0.2, 0.25) is 0 Å². The van der Waals surface area contributed by atoms with Gasteiger partial charge in [0.2, 0.25) is 5.95 Å². The third kappa shape index (κ3) is 4.00. The zero-order valence-electron chi connectivity index (χ0n) is 20.2. The number of ether oxygens (including phenoxy) is 2. The Bertz CT molecular complexity index is 1450. The molecule has 0 spiro atoms. The number of hydrogen-bond acceptors (Lipinski definition) is 6. The highest BCUT2D eigenvalue weighted by Crippen LogP contribution is 2.38. The zero-order valence-corrected chi connectivity index (χ0v) is 20.2. The fourth-order valence-electron chi connectivity index (χ4n) is 5.25. The van der Waals surface area contributed by atoms with Crippen molar-refractivity contribution in [3.63, 3.8) is 0 Å². The Morgan fingerprint density at radius 3 is 2.49 bits per heavy atom. The molecule has 2 aromatic carbocycles. The van der Waals surface area contributed by atoms with Crippen molar-refractivity contribution in [1.29, 1.82) is 0 Å². The molecule has 8 nitrogen and oxygen atoms in total. The third-order valence-electron chi connectivity index (χ3n) is 7.20. The van der Waals surface area contributed by atoms with Crippen LogP contribution in [0, 0.1) is 5.95 Å². The van der Waals surface area contributed by atoms with E-state index >= 15 is 0 Å². The molecule has 0 radical (unpaired) electrons. The summed E-state index contributed by atoms with van der Waals surface area (Å²) in [6.45, 7) is 0.359. The Balaban J connectivity index is 1.23. The number of benzene rings is 2. The van der Waals surface area contributed by atoms with E-state index in [0.29, 0.717) is 34.9 Å². The molecule has 3 heterocycles. The Labute approximate surface area is 212 Å². The maximum atomic E-state index is 13.5. The molecular formula is C28H24FN3O5. The molecule has 0 bridgehead atoms. The monoisotopic (exact) mass is 501 g/mol. The van der Waals surface area contributed by atoms with E-state index in [1.165, 1.54) is 0 Å². The fourth-order valence-corrected chi connectivity index (χ4v) is 5.25. The van der Waals surface area contributed by atoms with Gasteiger partial charge in [0.1, 0.15) is 0 Å². The van der Waals surface area contributed by atoms with E-state index in [2.05, 4.69) is 4.98 Å². The van der Waals surface area contributed by atoms with Gasteiger partial charge >= 0.3 is 0 Å². The predicted octanol–water partition coefficient (Wildman–Crippen LogP) is 4.51. The summed E-state index contributed by atoms with van der Waals surface area (Å²) in [5.41, 5.74) is 2.75. The zero-order chi connectivity index (χ0) is 25.7. The van der Waals surface area contributed by atoms with Crippen LogP contribution in [-0.2, 0) is 13.1 Å². The second-order valence-electron chi connectivity index (χ2n) is 9.49. The van der Waals surface area contributed by atoms with Crippen LogP contribution < -0.4 is 14.4 Å². The van der Waals surface area contributed by atoms with E-state index in [1.807, 2.05) is 18.2 Å².